The van der Waals surface area contributed by atoms with Crippen LogP contribution in [0.1, 0.15) is 39.5 Å². The van der Waals surface area contributed by atoms with Crippen LogP contribution in [0.2, 0.25) is 0 Å². The van der Waals surface area contributed by atoms with E-state index in [9.17, 15) is 9.59 Å². The van der Waals surface area contributed by atoms with Gasteiger partial charge in [-0.15, -0.1) is 0 Å². The Morgan fingerprint density at radius 1 is 1.36 bits per heavy atom. The van der Waals surface area contributed by atoms with Crippen molar-refractivity contribution in [2.75, 3.05) is 18.8 Å². The first-order valence-electron chi connectivity index (χ1n) is 8.14. The van der Waals surface area contributed by atoms with Gasteiger partial charge in [0.2, 0.25) is 5.91 Å². The van der Waals surface area contributed by atoms with Gasteiger partial charge in [0.25, 0.3) is 5.56 Å². The zero-order chi connectivity index (χ0) is 15.9. The Morgan fingerprint density at radius 2 is 2.05 bits per heavy atom. The molecule has 2 rings (SSSR count). The van der Waals surface area contributed by atoms with Crippen molar-refractivity contribution in [1.82, 2.24) is 14.5 Å². The number of carbonyl (C=O) groups excluding carboxylic acids is 1. The first kappa shape index (κ1) is 17.1. The molecule has 0 saturated carbocycles. The number of carbonyl (C=O) groups is 1. The van der Waals surface area contributed by atoms with Gasteiger partial charge in [-0.05, 0) is 12.8 Å². The fourth-order valence-electron chi connectivity index (χ4n) is 2.59. The fourth-order valence-corrected chi connectivity index (χ4v) is 3.64. The zero-order valence-corrected chi connectivity index (χ0v) is 14.3. The predicted octanol–water partition coefficient (Wildman–Crippen LogP) is 2.39. The van der Waals surface area contributed by atoms with Crippen molar-refractivity contribution < 1.29 is 4.79 Å². The minimum Gasteiger partial charge on any atom is -0.342 e. The van der Waals surface area contributed by atoms with Crippen LogP contribution in [0.15, 0.2) is 22.2 Å². The molecule has 1 aliphatic rings. The number of rotatable bonds is 7. The van der Waals surface area contributed by atoms with Gasteiger partial charge in [0, 0.05) is 37.7 Å². The average molecular weight is 323 g/mol. The summed E-state index contributed by atoms with van der Waals surface area (Å²) < 4.78 is 1.63. The van der Waals surface area contributed by atoms with Gasteiger partial charge in [0.1, 0.15) is 0 Å². The van der Waals surface area contributed by atoms with Crippen LogP contribution in [-0.2, 0) is 11.3 Å². The van der Waals surface area contributed by atoms with Crippen LogP contribution in [-0.4, -0.2) is 39.2 Å². The number of unbranched alkanes of at least 4 members (excludes halogenated alkanes) is 2. The van der Waals surface area contributed by atoms with Gasteiger partial charge in [-0.25, -0.2) is 4.98 Å². The Kier molecular flexibility index (Phi) is 6.49. The number of aromatic nitrogens is 2. The molecule has 0 aromatic carbocycles. The fraction of sp³-hybridized carbons (Fsp3) is 0.688. The molecule has 1 aromatic rings. The summed E-state index contributed by atoms with van der Waals surface area (Å²) in [6.07, 6.45) is 5.78. The van der Waals surface area contributed by atoms with E-state index < -0.39 is 0 Å². The minimum absolute atomic E-state index is 0.0660. The molecule has 1 aliphatic heterocycles. The molecule has 0 N–H and O–H groups in total. The Balaban J connectivity index is 2.07. The molecule has 1 aromatic heterocycles. The molecule has 2 heterocycles. The normalized spacial score (nSPS) is 17.1. The lowest BCUT2D eigenvalue weighted by Gasteiger charge is -2.30. The summed E-state index contributed by atoms with van der Waals surface area (Å²) in [6.45, 7) is 6.39. The van der Waals surface area contributed by atoms with Gasteiger partial charge < -0.3 is 4.90 Å². The van der Waals surface area contributed by atoms with E-state index in [2.05, 4.69) is 18.8 Å². The topological polar surface area (TPSA) is 55.2 Å². The van der Waals surface area contributed by atoms with Crippen molar-refractivity contribution in [2.45, 2.75) is 51.2 Å². The highest BCUT2D eigenvalue weighted by atomic mass is 32.2. The summed E-state index contributed by atoms with van der Waals surface area (Å²) in [6, 6.07) is 1.46. The highest BCUT2D eigenvalue weighted by molar-refractivity contribution is 7.99. The standard InChI is InChI=1S/C16H25N3O2S/c1-3-5-9-18(10-6-4-2)15(21)13-11-19-14(20)7-8-17-16(19)22-12-13/h7-8,13H,3-6,9-12H2,1-2H3. The van der Waals surface area contributed by atoms with E-state index >= 15 is 0 Å². The first-order valence-corrected chi connectivity index (χ1v) is 9.13. The number of nitrogens with zero attached hydrogens (tertiary/aromatic N) is 3. The monoisotopic (exact) mass is 323 g/mol. The van der Waals surface area contributed by atoms with Crippen LogP contribution in [0.25, 0.3) is 0 Å². The zero-order valence-electron chi connectivity index (χ0n) is 13.5. The highest BCUT2D eigenvalue weighted by Crippen LogP contribution is 2.26. The van der Waals surface area contributed by atoms with Gasteiger partial charge in [0.05, 0.1) is 5.92 Å². The maximum absolute atomic E-state index is 12.8. The molecular weight excluding hydrogens is 298 g/mol. The quantitative estimate of drug-likeness (QED) is 0.723. The van der Waals surface area contributed by atoms with E-state index in [1.807, 2.05) is 4.90 Å². The Bertz CT molecular complexity index is 551. The van der Waals surface area contributed by atoms with Crippen molar-refractivity contribution in [3.63, 3.8) is 0 Å². The third-order valence-electron chi connectivity index (χ3n) is 3.94. The molecule has 1 unspecified atom stereocenters. The second-order valence-corrected chi connectivity index (χ2v) is 6.70. The second kappa shape index (κ2) is 8.36. The van der Waals surface area contributed by atoms with E-state index in [1.165, 1.54) is 24.0 Å². The van der Waals surface area contributed by atoms with E-state index in [-0.39, 0.29) is 17.4 Å². The SMILES string of the molecule is CCCCN(CCCC)C(=O)C1CSc2nccc(=O)n2C1. The Morgan fingerprint density at radius 3 is 2.68 bits per heavy atom. The van der Waals surface area contributed by atoms with E-state index in [4.69, 9.17) is 0 Å². The number of hydrogen-bond donors (Lipinski definition) is 0. The van der Waals surface area contributed by atoms with Crippen molar-refractivity contribution in [1.29, 1.82) is 0 Å². The lowest BCUT2D eigenvalue weighted by Crippen LogP contribution is -2.43. The summed E-state index contributed by atoms with van der Waals surface area (Å²) >= 11 is 1.51. The summed E-state index contributed by atoms with van der Waals surface area (Å²) in [5.74, 6) is 0.785. The largest absolute Gasteiger partial charge is 0.342 e. The van der Waals surface area contributed by atoms with Gasteiger partial charge >= 0.3 is 0 Å². The van der Waals surface area contributed by atoms with Crippen LogP contribution in [0.3, 0.4) is 0 Å². The third-order valence-corrected chi connectivity index (χ3v) is 5.09. The Labute approximate surface area is 136 Å². The second-order valence-electron chi connectivity index (χ2n) is 5.72. The van der Waals surface area contributed by atoms with Crippen LogP contribution in [0, 0.1) is 5.92 Å². The van der Waals surface area contributed by atoms with Crippen molar-refractivity contribution in [3.05, 3.63) is 22.6 Å². The van der Waals surface area contributed by atoms with Gasteiger partial charge in [-0.1, -0.05) is 38.5 Å². The third kappa shape index (κ3) is 4.12. The van der Waals surface area contributed by atoms with E-state index in [1.54, 1.807) is 4.57 Å². The van der Waals surface area contributed by atoms with Crippen LogP contribution < -0.4 is 5.56 Å². The summed E-state index contributed by atoms with van der Waals surface area (Å²) in [7, 11) is 0. The van der Waals surface area contributed by atoms with Crippen LogP contribution in [0.5, 0.6) is 0 Å². The summed E-state index contributed by atoms with van der Waals surface area (Å²) in [5, 5.41) is 0.727. The van der Waals surface area contributed by atoms with Crippen molar-refractivity contribution in [2.24, 2.45) is 5.92 Å². The van der Waals surface area contributed by atoms with Crippen LogP contribution >= 0.6 is 11.8 Å². The molecule has 1 amide bonds. The van der Waals surface area contributed by atoms with Gasteiger partial charge in [-0.3, -0.25) is 14.2 Å². The first-order chi connectivity index (χ1) is 10.7. The number of amides is 1. The Hall–Kier alpha value is -1.30. The smallest absolute Gasteiger partial charge is 0.254 e. The van der Waals surface area contributed by atoms with Gasteiger partial charge in [0.15, 0.2) is 5.16 Å². The van der Waals surface area contributed by atoms with E-state index in [0.717, 1.165) is 43.9 Å². The molecule has 0 fully saturated rings. The summed E-state index contributed by atoms with van der Waals surface area (Å²) in [5.41, 5.74) is -0.0660. The molecule has 0 saturated heterocycles. The summed E-state index contributed by atoms with van der Waals surface area (Å²) in [4.78, 5) is 30.9. The molecular formula is C16H25N3O2S. The minimum atomic E-state index is -0.117. The molecule has 0 bridgehead atoms. The molecule has 0 spiro atoms. The lowest BCUT2D eigenvalue weighted by molar-refractivity contribution is -0.135. The maximum atomic E-state index is 12.8. The van der Waals surface area contributed by atoms with Gasteiger partial charge in [-0.2, -0.15) is 0 Å². The number of fused-ring (bicyclic) bond motifs is 1. The van der Waals surface area contributed by atoms with Crippen molar-refractivity contribution in [3.8, 4) is 0 Å². The van der Waals surface area contributed by atoms with Crippen molar-refractivity contribution >= 4 is 17.7 Å². The molecule has 22 heavy (non-hydrogen) atoms. The van der Waals surface area contributed by atoms with E-state index in [0.29, 0.717) is 12.3 Å². The molecule has 1 atom stereocenters. The maximum Gasteiger partial charge on any atom is 0.254 e. The lowest BCUT2D eigenvalue weighted by atomic mass is 10.1. The molecule has 6 heteroatoms. The predicted molar refractivity (Wildman–Crippen MR) is 89.1 cm³/mol. The highest BCUT2D eigenvalue weighted by Gasteiger charge is 2.29. The molecule has 5 nitrogen and oxygen atoms in total. The average Bonchev–Trinajstić information content (AvgIpc) is 2.54. The number of hydrogen-bond acceptors (Lipinski definition) is 4. The number of thioether (sulfide) groups is 1. The van der Waals surface area contributed by atoms with Crippen LogP contribution in [0.4, 0.5) is 0 Å². The molecule has 0 radical (unpaired) electrons. The molecule has 0 aliphatic carbocycles. The molecule has 122 valence electrons.